The van der Waals surface area contributed by atoms with Crippen LogP contribution in [0.5, 0.6) is 0 Å². The summed E-state index contributed by atoms with van der Waals surface area (Å²) < 4.78 is 0. The molecule has 1 heterocycles. The van der Waals surface area contributed by atoms with Crippen LogP contribution in [0.4, 0.5) is 0 Å². The maximum absolute atomic E-state index is 10.8. The zero-order chi connectivity index (χ0) is 7.61. The molecule has 1 atom stereocenters. The van der Waals surface area contributed by atoms with Crippen LogP contribution in [0.25, 0.3) is 0 Å². The van der Waals surface area contributed by atoms with Gasteiger partial charge in [0.1, 0.15) is 0 Å². The monoisotopic (exact) mass is 141 g/mol. The molecule has 10 heavy (non-hydrogen) atoms. The third-order valence-corrected chi connectivity index (χ3v) is 2.15. The van der Waals surface area contributed by atoms with Gasteiger partial charge < -0.3 is 5.32 Å². The van der Waals surface area contributed by atoms with Crippen molar-refractivity contribution in [3.63, 3.8) is 0 Å². The van der Waals surface area contributed by atoms with Crippen LogP contribution in [-0.4, -0.2) is 11.4 Å². The van der Waals surface area contributed by atoms with Crippen molar-refractivity contribution in [2.45, 2.75) is 45.1 Å². The lowest BCUT2D eigenvalue weighted by Gasteiger charge is -2.22. The van der Waals surface area contributed by atoms with Gasteiger partial charge in [0.25, 0.3) is 0 Å². The highest BCUT2D eigenvalue weighted by atomic mass is 16.2. The third-order valence-electron chi connectivity index (χ3n) is 2.15. The van der Waals surface area contributed by atoms with Gasteiger partial charge in [0.2, 0.25) is 5.91 Å². The highest BCUT2D eigenvalue weighted by Crippen LogP contribution is 2.23. The Hall–Kier alpha value is -0.530. The number of hydrogen-bond acceptors (Lipinski definition) is 1. The Morgan fingerprint density at radius 3 is 2.80 bits per heavy atom. The van der Waals surface area contributed by atoms with E-state index in [9.17, 15) is 4.79 Å². The molecule has 1 unspecified atom stereocenters. The van der Waals surface area contributed by atoms with Crippen LogP contribution in [0, 0.1) is 0 Å². The molecule has 0 aromatic carbocycles. The SMILES string of the molecule is CCCC1(C)CCC(=O)N1. The molecule has 1 aliphatic rings. The molecule has 1 aliphatic heterocycles. The highest BCUT2D eigenvalue weighted by molar-refractivity contribution is 5.79. The van der Waals surface area contributed by atoms with Crippen molar-refractivity contribution < 1.29 is 4.79 Å². The molecule has 0 aliphatic carbocycles. The second-order valence-electron chi connectivity index (χ2n) is 3.36. The lowest BCUT2D eigenvalue weighted by atomic mass is 9.95. The topological polar surface area (TPSA) is 29.1 Å². The number of amides is 1. The Morgan fingerprint density at radius 2 is 2.40 bits per heavy atom. The first kappa shape index (κ1) is 7.58. The molecule has 2 nitrogen and oxygen atoms in total. The summed E-state index contributed by atoms with van der Waals surface area (Å²) in [4.78, 5) is 10.8. The first-order valence-electron chi connectivity index (χ1n) is 3.97. The normalized spacial score (nSPS) is 32.4. The van der Waals surface area contributed by atoms with Crippen LogP contribution in [0.1, 0.15) is 39.5 Å². The molecule has 1 rings (SSSR count). The van der Waals surface area contributed by atoms with Crippen LogP contribution in [0.3, 0.4) is 0 Å². The average molecular weight is 141 g/mol. The molecule has 1 N–H and O–H groups in total. The molecule has 1 fully saturated rings. The Kier molecular flexibility index (Phi) is 1.97. The van der Waals surface area contributed by atoms with Gasteiger partial charge in [-0.2, -0.15) is 0 Å². The van der Waals surface area contributed by atoms with E-state index >= 15 is 0 Å². The predicted octanol–water partition coefficient (Wildman–Crippen LogP) is 1.46. The van der Waals surface area contributed by atoms with Gasteiger partial charge in [-0.1, -0.05) is 13.3 Å². The Morgan fingerprint density at radius 1 is 1.70 bits per heavy atom. The maximum atomic E-state index is 10.8. The minimum absolute atomic E-state index is 0.117. The molecule has 0 saturated carbocycles. The standard InChI is InChI=1S/C8H15NO/c1-3-5-8(2)6-4-7(10)9-8/h3-6H2,1-2H3,(H,9,10). The van der Waals surface area contributed by atoms with Gasteiger partial charge in [-0.3, -0.25) is 4.79 Å². The quantitative estimate of drug-likeness (QED) is 0.619. The van der Waals surface area contributed by atoms with E-state index in [0.29, 0.717) is 0 Å². The molecule has 1 amide bonds. The van der Waals surface area contributed by atoms with E-state index in [2.05, 4.69) is 19.2 Å². The summed E-state index contributed by atoms with van der Waals surface area (Å²) in [5.41, 5.74) is 0.117. The van der Waals surface area contributed by atoms with Gasteiger partial charge in [-0.05, 0) is 19.8 Å². The largest absolute Gasteiger partial charge is 0.351 e. The minimum Gasteiger partial charge on any atom is -0.351 e. The zero-order valence-electron chi connectivity index (χ0n) is 6.74. The van der Waals surface area contributed by atoms with E-state index in [1.165, 1.54) is 0 Å². The van der Waals surface area contributed by atoms with Crippen molar-refractivity contribution in [2.75, 3.05) is 0 Å². The number of rotatable bonds is 2. The Labute approximate surface area is 62.0 Å². The fourth-order valence-electron chi connectivity index (χ4n) is 1.59. The van der Waals surface area contributed by atoms with Gasteiger partial charge in [-0.15, -0.1) is 0 Å². The molecular weight excluding hydrogens is 126 g/mol. The van der Waals surface area contributed by atoms with E-state index in [1.807, 2.05) is 0 Å². The van der Waals surface area contributed by atoms with E-state index in [0.717, 1.165) is 25.7 Å². The molecule has 0 spiro atoms. The van der Waals surface area contributed by atoms with Gasteiger partial charge >= 0.3 is 0 Å². The fraction of sp³-hybridized carbons (Fsp3) is 0.875. The van der Waals surface area contributed by atoms with Crippen molar-refractivity contribution in [1.29, 1.82) is 0 Å². The third kappa shape index (κ3) is 1.49. The van der Waals surface area contributed by atoms with Crippen LogP contribution in [-0.2, 0) is 4.79 Å². The fourth-order valence-corrected chi connectivity index (χ4v) is 1.59. The van der Waals surface area contributed by atoms with Crippen molar-refractivity contribution in [1.82, 2.24) is 5.32 Å². The summed E-state index contributed by atoms with van der Waals surface area (Å²) in [6, 6.07) is 0. The van der Waals surface area contributed by atoms with Crippen molar-refractivity contribution in [3.05, 3.63) is 0 Å². The second-order valence-corrected chi connectivity index (χ2v) is 3.36. The minimum atomic E-state index is 0.117. The van der Waals surface area contributed by atoms with Crippen LogP contribution < -0.4 is 5.32 Å². The maximum Gasteiger partial charge on any atom is 0.220 e. The number of hydrogen-bond donors (Lipinski definition) is 1. The van der Waals surface area contributed by atoms with Crippen molar-refractivity contribution in [2.24, 2.45) is 0 Å². The van der Waals surface area contributed by atoms with Crippen LogP contribution in [0.2, 0.25) is 0 Å². The summed E-state index contributed by atoms with van der Waals surface area (Å²) in [5, 5.41) is 2.99. The zero-order valence-corrected chi connectivity index (χ0v) is 6.74. The smallest absolute Gasteiger partial charge is 0.220 e. The highest BCUT2D eigenvalue weighted by Gasteiger charge is 2.31. The van der Waals surface area contributed by atoms with Crippen molar-refractivity contribution in [3.8, 4) is 0 Å². The van der Waals surface area contributed by atoms with E-state index in [4.69, 9.17) is 0 Å². The molecule has 0 radical (unpaired) electrons. The van der Waals surface area contributed by atoms with Crippen LogP contribution in [0.15, 0.2) is 0 Å². The van der Waals surface area contributed by atoms with E-state index < -0.39 is 0 Å². The summed E-state index contributed by atoms with van der Waals surface area (Å²) in [5.74, 6) is 0.218. The van der Waals surface area contributed by atoms with Crippen molar-refractivity contribution >= 4 is 5.91 Å². The molecule has 0 aromatic heterocycles. The molecule has 58 valence electrons. The first-order valence-corrected chi connectivity index (χ1v) is 3.97. The summed E-state index contributed by atoms with van der Waals surface area (Å²) in [7, 11) is 0. The first-order chi connectivity index (χ1) is 4.66. The molecule has 1 saturated heterocycles. The Balaban J connectivity index is 2.46. The second kappa shape index (κ2) is 2.60. The van der Waals surface area contributed by atoms with Crippen LogP contribution >= 0.6 is 0 Å². The Bertz CT molecular complexity index is 144. The molecule has 0 bridgehead atoms. The number of nitrogens with one attached hydrogen (secondary N) is 1. The number of carbonyl (C=O) groups excluding carboxylic acids is 1. The lowest BCUT2D eigenvalue weighted by molar-refractivity contribution is -0.119. The van der Waals surface area contributed by atoms with Gasteiger partial charge in [0, 0.05) is 12.0 Å². The van der Waals surface area contributed by atoms with E-state index in [-0.39, 0.29) is 11.4 Å². The number of carbonyl (C=O) groups is 1. The van der Waals surface area contributed by atoms with Gasteiger partial charge in [0.05, 0.1) is 0 Å². The summed E-state index contributed by atoms with van der Waals surface area (Å²) >= 11 is 0. The van der Waals surface area contributed by atoms with Gasteiger partial charge in [-0.25, -0.2) is 0 Å². The summed E-state index contributed by atoms with van der Waals surface area (Å²) in [6.07, 6.45) is 3.99. The lowest BCUT2D eigenvalue weighted by Crippen LogP contribution is -2.37. The van der Waals surface area contributed by atoms with Gasteiger partial charge in [0.15, 0.2) is 0 Å². The van der Waals surface area contributed by atoms with E-state index in [1.54, 1.807) is 0 Å². The average Bonchev–Trinajstić information content (AvgIpc) is 2.12. The predicted molar refractivity (Wildman–Crippen MR) is 40.7 cm³/mol. The molecule has 2 heteroatoms. The molecule has 0 aromatic rings. The molecular formula is C8H15NO. The summed E-state index contributed by atoms with van der Waals surface area (Å²) in [6.45, 7) is 4.27.